The molecule has 8 nitrogen and oxygen atoms in total. The van der Waals surface area contributed by atoms with Crippen LogP contribution in [0.3, 0.4) is 0 Å². The van der Waals surface area contributed by atoms with Crippen molar-refractivity contribution in [1.29, 1.82) is 0 Å². The van der Waals surface area contributed by atoms with Crippen molar-refractivity contribution in [1.82, 2.24) is 14.7 Å². The Hall–Kier alpha value is -3.65. The van der Waals surface area contributed by atoms with Gasteiger partial charge >= 0.3 is 0 Å². The van der Waals surface area contributed by atoms with Crippen LogP contribution in [0.25, 0.3) is 5.69 Å². The van der Waals surface area contributed by atoms with Gasteiger partial charge in [-0.1, -0.05) is 0 Å². The second kappa shape index (κ2) is 9.65. The van der Waals surface area contributed by atoms with E-state index in [1.807, 2.05) is 49.4 Å². The lowest BCUT2D eigenvalue weighted by atomic mass is 10.2. The minimum atomic E-state index is -0.247. The summed E-state index contributed by atoms with van der Waals surface area (Å²) in [7, 11) is 1.62. The molecule has 1 aliphatic rings. The zero-order valence-electron chi connectivity index (χ0n) is 18.3. The molecule has 3 aromatic rings. The molecule has 32 heavy (non-hydrogen) atoms. The highest BCUT2D eigenvalue weighted by Gasteiger charge is 2.16. The van der Waals surface area contributed by atoms with Crippen LogP contribution in [0.4, 0.5) is 11.4 Å². The van der Waals surface area contributed by atoms with Crippen LogP contribution in [-0.4, -0.2) is 66.4 Å². The fourth-order valence-electron chi connectivity index (χ4n) is 3.67. The Morgan fingerprint density at radius 1 is 1.00 bits per heavy atom. The van der Waals surface area contributed by atoms with E-state index in [0.717, 1.165) is 43.4 Å². The molecule has 0 spiro atoms. The molecule has 8 heteroatoms. The molecule has 2 heterocycles. The van der Waals surface area contributed by atoms with Crippen molar-refractivity contribution in [2.24, 2.45) is 0 Å². The monoisotopic (exact) mass is 433 g/mol. The van der Waals surface area contributed by atoms with E-state index in [0.29, 0.717) is 11.3 Å². The summed E-state index contributed by atoms with van der Waals surface area (Å²) in [5.41, 5.74) is 4.21. The highest BCUT2D eigenvalue weighted by atomic mass is 16.5. The van der Waals surface area contributed by atoms with Crippen LogP contribution in [0.5, 0.6) is 0 Å². The Bertz CT molecular complexity index is 1070. The van der Waals surface area contributed by atoms with Crippen molar-refractivity contribution in [3.8, 4) is 5.69 Å². The molecule has 0 saturated carbocycles. The summed E-state index contributed by atoms with van der Waals surface area (Å²) in [4.78, 5) is 28.8. The highest BCUT2D eigenvalue weighted by molar-refractivity contribution is 5.99. The molecule has 0 unspecified atom stereocenters. The number of aryl methyl sites for hydroxylation is 1. The maximum atomic E-state index is 12.7. The van der Waals surface area contributed by atoms with Gasteiger partial charge < -0.3 is 19.9 Å². The Labute approximate surface area is 187 Å². The smallest absolute Gasteiger partial charge is 0.254 e. The third kappa shape index (κ3) is 4.97. The number of carbonyl (C=O) groups excluding carboxylic acids is 2. The number of anilines is 2. The van der Waals surface area contributed by atoms with Gasteiger partial charge in [0.1, 0.15) is 0 Å². The summed E-state index contributed by atoms with van der Waals surface area (Å²) >= 11 is 0. The van der Waals surface area contributed by atoms with Gasteiger partial charge in [0.15, 0.2) is 0 Å². The standard InChI is InChI=1S/C24H27N5O3/c1-18-11-12-25-29(18)22-7-3-19(4-8-22)24(31)27(2)17-23(30)26-20-5-9-21(10-6-20)28-13-15-32-16-14-28/h3-12H,13-17H2,1-2H3,(H,26,30). The molecule has 0 aliphatic carbocycles. The highest BCUT2D eigenvalue weighted by Crippen LogP contribution is 2.19. The average Bonchev–Trinajstić information content (AvgIpc) is 3.25. The number of nitrogens with zero attached hydrogens (tertiary/aromatic N) is 4. The maximum absolute atomic E-state index is 12.7. The first kappa shape index (κ1) is 21.6. The predicted molar refractivity (Wildman–Crippen MR) is 123 cm³/mol. The molecule has 2 aromatic carbocycles. The number of hydrogen-bond donors (Lipinski definition) is 1. The van der Waals surface area contributed by atoms with E-state index in [1.54, 1.807) is 30.1 Å². The number of carbonyl (C=O) groups is 2. The summed E-state index contributed by atoms with van der Waals surface area (Å²) in [6, 6.07) is 16.8. The minimum absolute atomic E-state index is 0.0376. The second-order valence-corrected chi connectivity index (χ2v) is 7.79. The third-order valence-electron chi connectivity index (χ3n) is 5.45. The van der Waals surface area contributed by atoms with Gasteiger partial charge in [0.05, 0.1) is 25.4 Å². The Morgan fingerprint density at radius 2 is 1.66 bits per heavy atom. The number of aromatic nitrogens is 2. The van der Waals surface area contributed by atoms with Crippen LogP contribution in [-0.2, 0) is 9.53 Å². The molecule has 1 aromatic heterocycles. The van der Waals surface area contributed by atoms with Gasteiger partial charge in [0, 0.05) is 49.0 Å². The maximum Gasteiger partial charge on any atom is 0.254 e. The number of benzene rings is 2. The van der Waals surface area contributed by atoms with E-state index in [9.17, 15) is 9.59 Å². The normalized spacial score (nSPS) is 13.6. The Balaban J connectivity index is 1.32. The van der Waals surface area contributed by atoms with Crippen molar-refractivity contribution in [3.05, 3.63) is 72.1 Å². The largest absolute Gasteiger partial charge is 0.378 e. The van der Waals surface area contributed by atoms with Crippen molar-refractivity contribution in [2.45, 2.75) is 6.92 Å². The minimum Gasteiger partial charge on any atom is -0.378 e. The molecule has 0 atom stereocenters. The second-order valence-electron chi connectivity index (χ2n) is 7.79. The molecule has 2 amide bonds. The van der Waals surface area contributed by atoms with E-state index in [-0.39, 0.29) is 18.4 Å². The molecule has 1 saturated heterocycles. The van der Waals surface area contributed by atoms with Crippen molar-refractivity contribution < 1.29 is 14.3 Å². The van der Waals surface area contributed by atoms with Crippen LogP contribution < -0.4 is 10.2 Å². The van der Waals surface area contributed by atoms with Gasteiger partial charge in [-0.3, -0.25) is 9.59 Å². The lowest BCUT2D eigenvalue weighted by Gasteiger charge is -2.28. The van der Waals surface area contributed by atoms with Crippen LogP contribution in [0.2, 0.25) is 0 Å². The van der Waals surface area contributed by atoms with Gasteiger partial charge in [-0.2, -0.15) is 5.10 Å². The topological polar surface area (TPSA) is 79.7 Å². The Kier molecular flexibility index (Phi) is 6.51. The zero-order valence-corrected chi connectivity index (χ0v) is 18.3. The first-order chi connectivity index (χ1) is 15.5. The van der Waals surface area contributed by atoms with Crippen LogP contribution in [0.1, 0.15) is 16.1 Å². The lowest BCUT2D eigenvalue weighted by Crippen LogP contribution is -2.36. The molecule has 1 N–H and O–H groups in total. The molecule has 166 valence electrons. The molecule has 1 aliphatic heterocycles. The van der Waals surface area contributed by atoms with Crippen molar-refractivity contribution in [3.63, 3.8) is 0 Å². The Morgan fingerprint density at radius 3 is 2.28 bits per heavy atom. The van der Waals surface area contributed by atoms with E-state index in [4.69, 9.17) is 4.74 Å². The zero-order chi connectivity index (χ0) is 22.5. The first-order valence-electron chi connectivity index (χ1n) is 10.6. The number of amides is 2. The predicted octanol–water partition coefficient (Wildman–Crippen LogP) is 2.73. The fourth-order valence-corrected chi connectivity index (χ4v) is 3.67. The van der Waals surface area contributed by atoms with E-state index >= 15 is 0 Å². The summed E-state index contributed by atoms with van der Waals surface area (Å²) in [5.74, 6) is -0.463. The summed E-state index contributed by atoms with van der Waals surface area (Å²) < 4.78 is 7.18. The summed E-state index contributed by atoms with van der Waals surface area (Å²) in [6.45, 7) is 5.11. The van der Waals surface area contributed by atoms with Gasteiger partial charge in [-0.25, -0.2) is 4.68 Å². The van der Waals surface area contributed by atoms with Gasteiger partial charge in [0.25, 0.3) is 5.91 Å². The van der Waals surface area contributed by atoms with Gasteiger partial charge in [-0.15, -0.1) is 0 Å². The SMILES string of the molecule is Cc1ccnn1-c1ccc(C(=O)N(C)CC(=O)Nc2ccc(N3CCOCC3)cc2)cc1. The van der Waals surface area contributed by atoms with E-state index in [2.05, 4.69) is 15.3 Å². The van der Waals surface area contributed by atoms with Crippen LogP contribution in [0, 0.1) is 6.92 Å². The summed E-state index contributed by atoms with van der Waals surface area (Å²) in [5, 5.41) is 7.12. The van der Waals surface area contributed by atoms with Gasteiger partial charge in [0.2, 0.25) is 5.91 Å². The molecule has 1 fully saturated rings. The molecule has 4 rings (SSSR count). The number of morpholine rings is 1. The summed E-state index contributed by atoms with van der Waals surface area (Å²) in [6.07, 6.45) is 1.73. The molecule has 0 bridgehead atoms. The molecule has 0 radical (unpaired) electrons. The van der Waals surface area contributed by atoms with Crippen molar-refractivity contribution >= 4 is 23.2 Å². The molecular formula is C24H27N5O3. The van der Waals surface area contributed by atoms with Crippen LogP contribution >= 0.6 is 0 Å². The average molecular weight is 434 g/mol. The number of likely N-dealkylation sites (N-methyl/N-ethyl adjacent to an activating group) is 1. The number of nitrogens with one attached hydrogen (secondary N) is 1. The van der Waals surface area contributed by atoms with Gasteiger partial charge in [-0.05, 0) is 61.5 Å². The van der Waals surface area contributed by atoms with Crippen LogP contribution in [0.15, 0.2) is 60.8 Å². The van der Waals surface area contributed by atoms with E-state index < -0.39 is 0 Å². The number of ether oxygens (including phenoxy) is 1. The number of hydrogen-bond acceptors (Lipinski definition) is 5. The third-order valence-corrected chi connectivity index (χ3v) is 5.45. The first-order valence-corrected chi connectivity index (χ1v) is 10.6. The quantitative estimate of drug-likeness (QED) is 0.647. The van der Waals surface area contributed by atoms with Crippen molar-refractivity contribution in [2.75, 3.05) is 50.1 Å². The lowest BCUT2D eigenvalue weighted by molar-refractivity contribution is -0.116. The fraction of sp³-hybridized carbons (Fsp3) is 0.292. The number of rotatable bonds is 6. The molecular weight excluding hydrogens is 406 g/mol. The van der Waals surface area contributed by atoms with E-state index in [1.165, 1.54) is 4.90 Å².